The Bertz CT molecular complexity index is 2030. The zero-order valence-corrected chi connectivity index (χ0v) is 35.8. The molecule has 11 nitrogen and oxygen atoms in total. The first kappa shape index (κ1) is 43.2. The SMILES string of the molecule is COc1cc(CCC(CC(OC(C)=O)C2CC3CC4C(CC(c5cccc(O)c5)C(c5ccc[nH]5)C4CC3C(C)C)C(CO)C2)OC(C)=O)c(C2=CCNC(N)=C2)cc1O. The molecule has 11 atom stereocenters. The summed E-state index contributed by atoms with van der Waals surface area (Å²) >= 11 is 0. The van der Waals surface area contributed by atoms with E-state index in [1.807, 2.05) is 36.5 Å². The number of aliphatic hydroxyl groups excluding tert-OH is 1. The molecule has 11 unspecified atom stereocenters. The maximum absolute atomic E-state index is 13.0. The Morgan fingerprint density at radius 1 is 0.933 bits per heavy atom. The molecule has 1 aliphatic heterocycles. The van der Waals surface area contributed by atoms with E-state index in [1.165, 1.54) is 26.7 Å². The zero-order chi connectivity index (χ0) is 42.7. The number of rotatable bonds is 14. The van der Waals surface area contributed by atoms with Crippen molar-refractivity contribution in [3.8, 4) is 17.2 Å². The molecule has 11 heteroatoms. The van der Waals surface area contributed by atoms with Gasteiger partial charge in [-0.05, 0) is 163 Å². The first-order chi connectivity index (χ1) is 28.8. The second-order valence-electron chi connectivity index (χ2n) is 18.4. The van der Waals surface area contributed by atoms with Gasteiger partial charge in [0.15, 0.2) is 11.5 Å². The molecule has 7 N–H and O–H groups in total. The van der Waals surface area contributed by atoms with Crippen LogP contribution in [0.25, 0.3) is 5.57 Å². The number of dihydropyridines is 1. The molecule has 2 heterocycles. The van der Waals surface area contributed by atoms with Crippen molar-refractivity contribution in [2.45, 2.75) is 103 Å². The van der Waals surface area contributed by atoms with Crippen molar-refractivity contribution in [3.63, 3.8) is 0 Å². The Hall–Kier alpha value is -4.90. The van der Waals surface area contributed by atoms with Crippen molar-refractivity contribution in [2.24, 2.45) is 53.1 Å². The Morgan fingerprint density at radius 3 is 2.40 bits per heavy atom. The molecule has 0 amide bonds. The Morgan fingerprint density at radius 2 is 1.73 bits per heavy atom. The highest BCUT2D eigenvalue weighted by molar-refractivity contribution is 5.79. The molecular weight excluding hydrogens is 759 g/mol. The van der Waals surface area contributed by atoms with Gasteiger partial charge in [0, 0.05) is 51.2 Å². The minimum absolute atomic E-state index is 0.0128. The molecule has 60 heavy (non-hydrogen) atoms. The molecule has 2 aromatic carbocycles. The van der Waals surface area contributed by atoms with Gasteiger partial charge >= 0.3 is 11.9 Å². The number of aromatic amines is 1. The summed E-state index contributed by atoms with van der Waals surface area (Å²) in [6, 6.07) is 15.5. The molecule has 3 aliphatic carbocycles. The molecule has 324 valence electrons. The second kappa shape index (κ2) is 18.8. The predicted molar refractivity (Wildman–Crippen MR) is 231 cm³/mol. The van der Waals surface area contributed by atoms with E-state index in [0.29, 0.717) is 73.4 Å². The molecule has 3 fully saturated rings. The van der Waals surface area contributed by atoms with Crippen molar-refractivity contribution >= 4 is 17.5 Å². The summed E-state index contributed by atoms with van der Waals surface area (Å²) in [6.07, 6.45) is 10.5. The molecule has 1 aromatic heterocycles. The number of methoxy groups -OCH3 is 1. The van der Waals surface area contributed by atoms with E-state index in [1.54, 1.807) is 12.1 Å². The lowest BCUT2D eigenvalue weighted by atomic mass is 9.47. The van der Waals surface area contributed by atoms with Gasteiger partial charge in [0.05, 0.1) is 12.9 Å². The van der Waals surface area contributed by atoms with E-state index in [0.717, 1.165) is 47.9 Å². The highest BCUT2D eigenvalue weighted by Crippen LogP contribution is 2.62. The summed E-state index contributed by atoms with van der Waals surface area (Å²) in [7, 11) is 1.51. The number of benzene rings is 2. The third-order valence-corrected chi connectivity index (χ3v) is 14.5. The quantitative estimate of drug-likeness (QED) is 0.0876. The fourth-order valence-corrected chi connectivity index (χ4v) is 12.1. The van der Waals surface area contributed by atoms with Crippen LogP contribution in [0.1, 0.15) is 107 Å². The Labute approximate surface area is 354 Å². The zero-order valence-electron chi connectivity index (χ0n) is 35.8. The van der Waals surface area contributed by atoms with Gasteiger partial charge in [0.2, 0.25) is 0 Å². The topological polar surface area (TPSA) is 176 Å². The summed E-state index contributed by atoms with van der Waals surface area (Å²) in [5, 5.41) is 35.9. The largest absolute Gasteiger partial charge is 0.508 e. The minimum Gasteiger partial charge on any atom is -0.508 e. The molecule has 7 rings (SSSR count). The number of aromatic hydroxyl groups is 2. The maximum Gasteiger partial charge on any atom is 0.302 e. The maximum atomic E-state index is 13.0. The van der Waals surface area contributed by atoms with Crippen molar-refractivity contribution < 1.29 is 39.1 Å². The van der Waals surface area contributed by atoms with Crippen molar-refractivity contribution in [1.82, 2.24) is 10.3 Å². The summed E-state index contributed by atoms with van der Waals surface area (Å²) in [6.45, 7) is 8.10. The summed E-state index contributed by atoms with van der Waals surface area (Å²) in [4.78, 5) is 29.3. The van der Waals surface area contributed by atoms with E-state index in [9.17, 15) is 24.9 Å². The number of allylic oxidation sites excluding steroid dienone is 2. The van der Waals surface area contributed by atoms with E-state index in [-0.39, 0.29) is 53.7 Å². The van der Waals surface area contributed by atoms with Crippen LogP contribution in [0.5, 0.6) is 17.2 Å². The van der Waals surface area contributed by atoms with Crippen LogP contribution < -0.4 is 15.8 Å². The Kier molecular flexibility index (Phi) is 13.5. The number of aliphatic hydroxyl groups is 1. The summed E-state index contributed by atoms with van der Waals surface area (Å²) < 4.78 is 17.9. The highest BCUT2D eigenvalue weighted by Gasteiger charge is 2.54. The number of hydrogen-bond acceptors (Lipinski definition) is 10. The van der Waals surface area contributed by atoms with E-state index in [4.69, 9.17) is 19.9 Å². The molecule has 4 aliphatic rings. The van der Waals surface area contributed by atoms with Crippen LogP contribution in [0, 0.1) is 47.3 Å². The van der Waals surface area contributed by atoms with E-state index >= 15 is 0 Å². The summed E-state index contributed by atoms with van der Waals surface area (Å²) in [5.41, 5.74) is 11.1. The molecule has 2 bridgehead atoms. The minimum atomic E-state index is -0.573. The van der Waals surface area contributed by atoms with Gasteiger partial charge in [-0.2, -0.15) is 0 Å². The summed E-state index contributed by atoms with van der Waals surface area (Å²) in [5.74, 6) is 2.99. The van der Waals surface area contributed by atoms with Crippen molar-refractivity contribution in [2.75, 3.05) is 20.3 Å². The van der Waals surface area contributed by atoms with Gasteiger partial charge in [-0.1, -0.05) is 32.1 Å². The number of nitrogens with one attached hydrogen (secondary N) is 2. The fraction of sp³-hybridized carbons (Fsp3) is 0.551. The Balaban J connectivity index is 1.21. The van der Waals surface area contributed by atoms with Gasteiger partial charge < -0.3 is 45.6 Å². The lowest BCUT2D eigenvalue weighted by Crippen LogP contribution is -2.50. The van der Waals surface area contributed by atoms with Crippen molar-refractivity contribution in [1.29, 1.82) is 0 Å². The number of fused-ring (bicyclic) bond motifs is 1. The number of aromatic nitrogens is 1. The number of H-pyrrole nitrogens is 1. The van der Waals surface area contributed by atoms with Gasteiger partial charge in [-0.3, -0.25) is 9.59 Å². The lowest BCUT2D eigenvalue weighted by molar-refractivity contribution is -0.158. The molecule has 0 saturated heterocycles. The number of esters is 2. The number of hydrogen-bond donors (Lipinski definition) is 6. The number of nitrogens with two attached hydrogens (primary N) is 1. The normalized spacial score (nSPS) is 28.6. The van der Waals surface area contributed by atoms with Crippen LogP contribution >= 0.6 is 0 Å². The van der Waals surface area contributed by atoms with Gasteiger partial charge in [0.25, 0.3) is 0 Å². The average molecular weight is 824 g/mol. The highest BCUT2D eigenvalue weighted by atomic mass is 16.6. The van der Waals surface area contributed by atoms with Gasteiger partial charge in [0.1, 0.15) is 18.0 Å². The number of phenolic OH excluding ortho intramolecular Hbond substituents is 2. The van der Waals surface area contributed by atoms with E-state index < -0.39 is 18.2 Å². The van der Waals surface area contributed by atoms with Crippen LogP contribution in [0.4, 0.5) is 0 Å². The first-order valence-electron chi connectivity index (χ1n) is 22.0. The molecule has 0 radical (unpaired) electrons. The molecular formula is C49H65N3O8. The number of aryl methyl sites for hydroxylation is 1. The van der Waals surface area contributed by atoms with Crippen molar-refractivity contribution in [3.05, 3.63) is 95.1 Å². The van der Waals surface area contributed by atoms with Crippen LogP contribution in [-0.4, -0.2) is 64.7 Å². The second-order valence-corrected chi connectivity index (χ2v) is 18.4. The van der Waals surface area contributed by atoms with Crippen LogP contribution in [-0.2, 0) is 25.5 Å². The average Bonchev–Trinajstić information content (AvgIpc) is 3.74. The van der Waals surface area contributed by atoms with Crippen LogP contribution in [0.15, 0.2) is 72.7 Å². The molecule has 3 aromatic rings. The fourth-order valence-electron chi connectivity index (χ4n) is 12.1. The first-order valence-corrected chi connectivity index (χ1v) is 22.0. The predicted octanol–water partition coefficient (Wildman–Crippen LogP) is 7.93. The number of ether oxygens (including phenoxy) is 3. The van der Waals surface area contributed by atoms with Gasteiger partial charge in [-0.15, -0.1) is 0 Å². The van der Waals surface area contributed by atoms with Gasteiger partial charge in [-0.25, -0.2) is 0 Å². The molecule has 3 saturated carbocycles. The number of carbonyl (C=O) groups is 2. The number of carbonyl (C=O) groups excluding carboxylic acids is 2. The lowest BCUT2D eigenvalue weighted by Gasteiger charge is -2.57. The smallest absolute Gasteiger partial charge is 0.302 e. The number of phenols is 2. The monoisotopic (exact) mass is 823 g/mol. The van der Waals surface area contributed by atoms with E-state index in [2.05, 4.69) is 42.3 Å². The third-order valence-electron chi connectivity index (χ3n) is 14.5. The molecule has 0 spiro atoms. The van der Waals surface area contributed by atoms with Crippen LogP contribution in [0.2, 0.25) is 0 Å². The van der Waals surface area contributed by atoms with Crippen LogP contribution in [0.3, 0.4) is 0 Å². The standard InChI is InChI=1S/C49H65N3O8/c1-27(2)38-23-43-42-19-33(38)16-34(17-35(26-53)40(42)24-41(30-8-6-9-36(56)18-30)49(43)44-10-7-14-51-44)46(60-29(4)55)22-37(59-28(3)54)12-11-31-20-47(58-5)45(57)25-39(31)32-13-15-52-48(50)21-32/h6-10,13-14,18,20-21,25,27,33-35,37-38,40-43,46,49,51-53,56-57H,11-12,15-17,19,22-24,26,50H2,1-5H3. The third kappa shape index (κ3) is 9.51.